The normalized spacial score (nSPS) is 19.0. The van der Waals surface area contributed by atoms with E-state index in [1.54, 1.807) is 13.8 Å². The molecule has 0 saturated carbocycles. The van der Waals surface area contributed by atoms with E-state index >= 15 is 0 Å². The highest BCUT2D eigenvalue weighted by Gasteiger charge is 2.07. The van der Waals surface area contributed by atoms with Crippen LogP contribution in [0.2, 0.25) is 0 Å². The molecule has 4 nitrogen and oxygen atoms in total. The molecule has 1 unspecified atom stereocenters. The SMILES string of the molecule is [2H]c1c([2H])c(OCC(O)CCC([2H])([2H])Cc2c([2H])c([2H])c(OC([2H])([2H])[2H])c(OC)c2[2H])c([2H])c(C)c1C. The molecule has 0 heterocycles. The van der Waals surface area contributed by atoms with E-state index in [1.807, 2.05) is 0 Å². The molecule has 0 bridgehead atoms. The van der Waals surface area contributed by atoms with Crippen LogP contribution in [0.4, 0.5) is 0 Å². The lowest BCUT2D eigenvalue weighted by molar-refractivity contribution is 0.0976. The van der Waals surface area contributed by atoms with Crippen LogP contribution in [0.25, 0.3) is 0 Å². The molecule has 4 heteroatoms. The first-order valence-corrected chi connectivity index (χ1v) is 8.15. The van der Waals surface area contributed by atoms with E-state index in [2.05, 4.69) is 0 Å². The molecule has 0 aromatic heterocycles. The molecular weight excluding hydrogens is 328 g/mol. The first kappa shape index (κ1) is 9.65. The molecule has 0 aliphatic carbocycles. The molecular formula is C22H30O4. The molecule has 2 aromatic carbocycles. The van der Waals surface area contributed by atoms with Crippen molar-refractivity contribution in [2.45, 2.75) is 45.6 Å². The Hall–Kier alpha value is -2.20. The maximum atomic E-state index is 10.3. The van der Waals surface area contributed by atoms with E-state index in [0.717, 1.165) is 7.11 Å². The van der Waals surface area contributed by atoms with E-state index in [0.29, 0.717) is 11.1 Å². The van der Waals surface area contributed by atoms with Crippen LogP contribution in [0, 0.1) is 13.8 Å². The van der Waals surface area contributed by atoms with Gasteiger partial charge in [-0.1, -0.05) is 18.5 Å². The van der Waals surface area contributed by atoms with Crippen molar-refractivity contribution in [1.29, 1.82) is 0 Å². The second kappa shape index (κ2) is 10.1. The van der Waals surface area contributed by atoms with Crippen LogP contribution in [0.1, 0.15) is 51.0 Å². The summed E-state index contributed by atoms with van der Waals surface area (Å²) in [4.78, 5) is 0. The highest BCUT2D eigenvalue weighted by Crippen LogP contribution is 2.28. The minimum absolute atomic E-state index is 0.0574. The fourth-order valence-electron chi connectivity index (χ4n) is 2.07. The Labute approximate surface area is 172 Å². The first-order chi connectivity index (χ1) is 16.9. The summed E-state index contributed by atoms with van der Waals surface area (Å²) in [5.41, 5.74) is 0.800. The second-order valence-corrected chi connectivity index (χ2v) is 5.70. The largest absolute Gasteiger partial charge is 0.493 e. The second-order valence-electron chi connectivity index (χ2n) is 5.70. The van der Waals surface area contributed by atoms with Crippen molar-refractivity contribution in [2.75, 3.05) is 20.8 Å². The minimum atomic E-state index is -2.95. The van der Waals surface area contributed by atoms with Gasteiger partial charge in [0.2, 0.25) is 0 Å². The van der Waals surface area contributed by atoms with Gasteiger partial charge in [0.05, 0.1) is 32.6 Å². The van der Waals surface area contributed by atoms with Gasteiger partial charge < -0.3 is 19.3 Å². The molecule has 0 amide bonds. The van der Waals surface area contributed by atoms with Crippen molar-refractivity contribution in [1.82, 2.24) is 0 Å². The molecule has 0 fully saturated rings. The van der Waals surface area contributed by atoms with Crippen LogP contribution in [0.15, 0.2) is 36.3 Å². The number of ether oxygens (including phenoxy) is 3. The summed E-state index contributed by atoms with van der Waals surface area (Å²) < 4.78 is 102. The molecule has 2 aromatic rings. The van der Waals surface area contributed by atoms with Crippen molar-refractivity contribution in [3.63, 3.8) is 0 Å². The van der Waals surface area contributed by atoms with Gasteiger partial charge in [0.1, 0.15) is 12.4 Å². The summed E-state index contributed by atoms with van der Waals surface area (Å²) in [6.07, 6.45) is -4.02. The molecule has 0 radical (unpaired) electrons. The van der Waals surface area contributed by atoms with Gasteiger partial charge in [0.25, 0.3) is 0 Å². The predicted molar refractivity (Wildman–Crippen MR) is 105 cm³/mol. The summed E-state index contributed by atoms with van der Waals surface area (Å²) in [7, 11) is -1.81. The molecule has 0 spiro atoms. The number of aliphatic hydroxyl groups is 1. The van der Waals surface area contributed by atoms with Crippen LogP contribution >= 0.6 is 0 Å². The lowest BCUT2D eigenvalue weighted by Gasteiger charge is -2.13. The van der Waals surface area contributed by atoms with Crippen LogP contribution in [0.3, 0.4) is 0 Å². The number of hydrogen-bond donors (Lipinski definition) is 1. The summed E-state index contributed by atoms with van der Waals surface area (Å²) in [5, 5.41) is 10.3. The van der Waals surface area contributed by atoms with E-state index in [9.17, 15) is 5.11 Å². The monoisotopic (exact) mass is 369 g/mol. The molecule has 1 atom stereocenters. The summed E-state index contributed by atoms with van der Waals surface area (Å²) >= 11 is 0. The Kier molecular flexibility index (Phi) is 3.74. The number of rotatable bonds is 10. The average molecular weight is 370 g/mol. The summed E-state index contributed by atoms with van der Waals surface area (Å²) in [6.45, 7) is 2.93. The first-order valence-electron chi connectivity index (χ1n) is 13.6. The molecule has 0 aliphatic heterocycles. The molecule has 0 aliphatic rings. The quantitative estimate of drug-likeness (QED) is 0.671. The number of methoxy groups -OCH3 is 2. The molecule has 0 saturated heterocycles. The number of hydrogen-bond acceptors (Lipinski definition) is 4. The maximum Gasteiger partial charge on any atom is 0.160 e. The zero-order chi connectivity index (χ0) is 28.5. The van der Waals surface area contributed by atoms with Crippen molar-refractivity contribution < 1.29 is 34.4 Å². The molecule has 1 N–H and O–H groups in total. The van der Waals surface area contributed by atoms with Crippen LogP contribution in [0.5, 0.6) is 17.2 Å². The third kappa shape index (κ3) is 5.95. The minimum Gasteiger partial charge on any atom is -0.493 e. The van der Waals surface area contributed by atoms with Gasteiger partial charge in [0.15, 0.2) is 11.5 Å². The Morgan fingerprint density at radius 3 is 2.73 bits per heavy atom. The lowest BCUT2D eigenvalue weighted by atomic mass is 10.0. The van der Waals surface area contributed by atoms with E-state index in [4.69, 9.17) is 29.3 Å². The third-order valence-corrected chi connectivity index (χ3v) is 3.71. The van der Waals surface area contributed by atoms with Crippen molar-refractivity contribution in [3.05, 3.63) is 52.9 Å². The van der Waals surface area contributed by atoms with Gasteiger partial charge in [-0.2, -0.15) is 0 Å². The third-order valence-electron chi connectivity index (χ3n) is 3.71. The van der Waals surface area contributed by atoms with Crippen LogP contribution in [-0.4, -0.2) is 32.0 Å². The summed E-state index contributed by atoms with van der Waals surface area (Å²) in [6, 6.07) is -2.09. The average Bonchev–Trinajstić information content (AvgIpc) is 2.81. The Bertz CT molecular complexity index is 1120. The topological polar surface area (TPSA) is 47.9 Å². The standard InChI is InChI=1S/C22H30O4/c1-16-9-11-20(13-17(16)2)26-15-19(23)8-6-5-7-18-10-12-21(24-3)22(14-18)25-4/h9-14,19,23H,5-8,15H2,1-4H3/i3D3,5D2,9D,10D,11D,12D,13D,14D. The summed E-state index contributed by atoms with van der Waals surface area (Å²) in [5.74, 6) is -1.13. The van der Waals surface area contributed by atoms with E-state index < -0.39 is 55.6 Å². The highest BCUT2D eigenvalue weighted by molar-refractivity contribution is 5.42. The lowest BCUT2D eigenvalue weighted by Crippen LogP contribution is -2.17. The van der Waals surface area contributed by atoms with Crippen molar-refractivity contribution in [2.24, 2.45) is 0 Å². The fourth-order valence-corrected chi connectivity index (χ4v) is 2.07. The molecule has 2 rings (SSSR count). The van der Waals surface area contributed by atoms with Gasteiger partial charge >= 0.3 is 0 Å². The zero-order valence-electron chi connectivity index (χ0n) is 26.1. The number of aliphatic hydroxyl groups excluding tert-OH is 1. The van der Waals surface area contributed by atoms with Gasteiger partial charge in [-0.15, -0.1) is 0 Å². The Morgan fingerprint density at radius 2 is 1.96 bits per heavy atom. The van der Waals surface area contributed by atoms with Gasteiger partial charge in [0, 0.05) is 2.74 Å². The predicted octanol–water partition coefficient (Wildman–Crippen LogP) is 4.47. The highest BCUT2D eigenvalue weighted by atomic mass is 16.5. The van der Waals surface area contributed by atoms with E-state index in [-0.39, 0.29) is 48.9 Å². The van der Waals surface area contributed by atoms with Gasteiger partial charge in [-0.25, -0.2) is 0 Å². The zero-order valence-corrected chi connectivity index (χ0v) is 15.1. The van der Waals surface area contributed by atoms with E-state index in [1.165, 1.54) is 0 Å². The van der Waals surface area contributed by atoms with Crippen molar-refractivity contribution in [3.8, 4) is 17.2 Å². The van der Waals surface area contributed by atoms with Gasteiger partial charge in [-0.3, -0.25) is 0 Å². The number of benzene rings is 2. The smallest absolute Gasteiger partial charge is 0.160 e. The van der Waals surface area contributed by atoms with Crippen molar-refractivity contribution >= 4 is 0 Å². The fraction of sp³-hybridized carbons (Fsp3) is 0.455. The molecule has 142 valence electrons. The Balaban J connectivity index is 2.15. The Morgan fingerprint density at radius 1 is 1.12 bits per heavy atom. The molecule has 26 heavy (non-hydrogen) atoms. The van der Waals surface area contributed by atoms with Crippen LogP contribution < -0.4 is 14.2 Å². The maximum absolute atomic E-state index is 10.3. The van der Waals surface area contributed by atoms with Crippen LogP contribution in [-0.2, 0) is 6.42 Å². The van der Waals surface area contributed by atoms with Gasteiger partial charge in [-0.05, 0) is 73.9 Å².